The molecule has 86 valence electrons. The quantitative estimate of drug-likeness (QED) is 0.547. The van der Waals surface area contributed by atoms with Crippen molar-refractivity contribution in [2.45, 2.75) is 52.5 Å². The molecule has 0 amide bonds. The molecule has 0 bridgehead atoms. The van der Waals surface area contributed by atoms with E-state index < -0.39 is 8.56 Å². The summed E-state index contributed by atoms with van der Waals surface area (Å²) < 4.78 is 11.7. The van der Waals surface area contributed by atoms with Gasteiger partial charge < -0.3 is 8.85 Å². The molecule has 0 aliphatic rings. The smallest absolute Gasteiger partial charge is 0.339 e. The zero-order chi connectivity index (χ0) is 10.5. The molecule has 4 heteroatoms. The Labute approximate surface area is 99.7 Å². The van der Waals surface area contributed by atoms with E-state index in [2.05, 4.69) is 13.1 Å². The average Bonchev–Trinajstić information content (AvgIpc) is 1.81. The minimum absolute atomic E-state index is 0. The van der Waals surface area contributed by atoms with Crippen LogP contribution in [-0.2, 0) is 8.85 Å². The Morgan fingerprint density at radius 3 is 1.71 bits per heavy atom. The van der Waals surface area contributed by atoms with Crippen LogP contribution in [-0.4, -0.2) is 20.8 Å². The molecule has 0 saturated carbocycles. The minimum atomic E-state index is -1.99. The first-order valence-corrected chi connectivity index (χ1v) is 7.38. The Kier molecular flexibility index (Phi) is 9.13. The van der Waals surface area contributed by atoms with Gasteiger partial charge in [0.2, 0.25) is 0 Å². The van der Waals surface area contributed by atoms with Gasteiger partial charge in [-0.15, -0.1) is 23.6 Å². The van der Waals surface area contributed by atoms with Crippen LogP contribution in [0.2, 0.25) is 12.6 Å². The molecular formula is C10H23BrO2Si. The molecule has 0 spiro atoms. The summed E-state index contributed by atoms with van der Waals surface area (Å²) in [5, 5.41) is 0. The fraction of sp³-hybridized carbons (Fsp3) is 0.800. The summed E-state index contributed by atoms with van der Waals surface area (Å²) in [7, 11) is -1.99. The van der Waals surface area contributed by atoms with Crippen LogP contribution in [0.25, 0.3) is 0 Å². The highest BCUT2D eigenvalue weighted by Crippen LogP contribution is 2.18. The van der Waals surface area contributed by atoms with Crippen LogP contribution in [0.1, 0.15) is 27.7 Å². The van der Waals surface area contributed by atoms with Crippen LogP contribution in [0.15, 0.2) is 12.7 Å². The summed E-state index contributed by atoms with van der Waals surface area (Å²) in [4.78, 5) is 0. The maximum atomic E-state index is 5.83. The fourth-order valence-electron chi connectivity index (χ4n) is 1.38. The Bertz CT molecular complexity index is 150. The van der Waals surface area contributed by atoms with Crippen LogP contribution in [0.5, 0.6) is 0 Å². The van der Waals surface area contributed by atoms with E-state index >= 15 is 0 Å². The molecule has 0 atom stereocenters. The second-order valence-electron chi connectivity index (χ2n) is 3.96. The fourth-order valence-corrected chi connectivity index (χ4v) is 4.15. The predicted octanol–water partition coefficient (Wildman–Crippen LogP) is 3.67. The highest BCUT2D eigenvalue weighted by atomic mass is 79.9. The largest absolute Gasteiger partial charge is 0.392 e. The maximum absolute atomic E-state index is 5.83. The highest BCUT2D eigenvalue weighted by molar-refractivity contribution is 8.93. The first-order chi connectivity index (χ1) is 5.89. The Hall–Kier alpha value is 0.357. The Balaban J connectivity index is 0. The zero-order valence-electron chi connectivity index (χ0n) is 9.87. The Morgan fingerprint density at radius 2 is 1.50 bits per heavy atom. The van der Waals surface area contributed by atoms with Crippen LogP contribution >= 0.6 is 17.0 Å². The molecule has 0 aliphatic carbocycles. The third kappa shape index (κ3) is 7.73. The average molecular weight is 283 g/mol. The molecule has 0 N–H and O–H groups in total. The van der Waals surface area contributed by atoms with Crippen molar-refractivity contribution in [3.05, 3.63) is 12.7 Å². The van der Waals surface area contributed by atoms with Crippen molar-refractivity contribution < 1.29 is 8.85 Å². The molecule has 0 rings (SSSR count). The van der Waals surface area contributed by atoms with Crippen LogP contribution < -0.4 is 0 Å². The lowest BCUT2D eigenvalue weighted by molar-refractivity contribution is 0.111. The number of halogens is 1. The monoisotopic (exact) mass is 282 g/mol. The van der Waals surface area contributed by atoms with E-state index in [9.17, 15) is 0 Å². The van der Waals surface area contributed by atoms with Gasteiger partial charge in [-0.05, 0) is 34.2 Å². The molecule has 0 saturated heterocycles. The third-order valence-corrected chi connectivity index (χ3v) is 4.46. The van der Waals surface area contributed by atoms with Crippen LogP contribution in [0.4, 0.5) is 0 Å². The van der Waals surface area contributed by atoms with Crippen molar-refractivity contribution in [1.82, 2.24) is 0 Å². The third-order valence-electron chi connectivity index (χ3n) is 1.49. The minimum Gasteiger partial charge on any atom is -0.392 e. The van der Waals surface area contributed by atoms with Gasteiger partial charge in [0, 0.05) is 18.3 Å². The van der Waals surface area contributed by atoms with Gasteiger partial charge in [-0.25, -0.2) is 0 Å². The van der Waals surface area contributed by atoms with Crippen molar-refractivity contribution in [3.63, 3.8) is 0 Å². The van der Waals surface area contributed by atoms with E-state index in [1.807, 2.05) is 33.8 Å². The molecule has 2 nitrogen and oxygen atoms in total. The molecule has 0 aromatic heterocycles. The highest BCUT2D eigenvalue weighted by Gasteiger charge is 2.32. The van der Waals surface area contributed by atoms with Crippen LogP contribution in [0.3, 0.4) is 0 Å². The molecule has 0 unspecified atom stereocenters. The van der Waals surface area contributed by atoms with Gasteiger partial charge in [-0.3, -0.25) is 0 Å². The lowest BCUT2D eigenvalue weighted by atomic mass is 10.5. The van der Waals surface area contributed by atoms with Gasteiger partial charge in [-0.2, -0.15) is 0 Å². The summed E-state index contributed by atoms with van der Waals surface area (Å²) in [5.41, 5.74) is 0. The number of rotatable bonds is 6. The van der Waals surface area contributed by atoms with E-state index in [1.165, 1.54) is 0 Å². The summed E-state index contributed by atoms with van der Waals surface area (Å²) >= 11 is 0. The summed E-state index contributed by atoms with van der Waals surface area (Å²) in [6.45, 7) is 14.0. The topological polar surface area (TPSA) is 18.5 Å². The molecule has 0 aromatic carbocycles. The molecule has 0 heterocycles. The van der Waals surface area contributed by atoms with E-state index in [1.54, 1.807) is 0 Å². The van der Waals surface area contributed by atoms with Gasteiger partial charge >= 0.3 is 8.56 Å². The van der Waals surface area contributed by atoms with E-state index in [4.69, 9.17) is 8.85 Å². The van der Waals surface area contributed by atoms with E-state index in [0.717, 1.165) is 6.04 Å². The number of hydrogen-bond donors (Lipinski definition) is 0. The maximum Gasteiger partial charge on any atom is 0.339 e. The lowest BCUT2D eigenvalue weighted by Crippen LogP contribution is -2.42. The lowest BCUT2D eigenvalue weighted by Gasteiger charge is -2.30. The number of hydrogen-bond acceptors (Lipinski definition) is 2. The second-order valence-corrected chi connectivity index (χ2v) is 7.11. The second kappa shape index (κ2) is 7.62. The molecule has 0 fully saturated rings. The zero-order valence-corrected chi connectivity index (χ0v) is 12.6. The normalized spacial score (nSPS) is 11.6. The van der Waals surface area contributed by atoms with Crippen molar-refractivity contribution in [1.29, 1.82) is 0 Å². The summed E-state index contributed by atoms with van der Waals surface area (Å²) in [6, 6.07) is 0.851. The molecule has 14 heavy (non-hydrogen) atoms. The van der Waals surface area contributed by atoms with Gasteiger partial charge in [0.1, 0.15) is 0 Å². The van der Waals surface area contributed by atoms with Gasteiger partial charge in [0.15, 0.2) is 0 Å². The molecule has 0 aliphatic heterocycles. The van der Waals surface area contributed by atoms with Gasteiger partial charge in [-0.1, -0.05) is 6.08 Å². The van der Waals surface area contributed by atoms with E-state index in [0.29, 0.717) is 0 Å². The van der Waals surface area contributed by atoms with Crippen molar-refractivity contribution in [2.75, 3.05) is 0 Å². The van der Waals surface area contributed by atoms with Gasteiger partial charge in [0.05, 0.1) is 0 Å². The Morgan fingerprint density at radius 1 is 1.14 bits per heavy atom. The number of allylic oxidation sites excluding steroid dienone is 1. The first kappa shape index (κ1) is 16.8. The SMILES string of the molecule is Br.C=CC[Si](C)(OC(C)C)OC(C)C. The van der Waals surface area contributed by atoms with E-state index in [-0.39, 0.29) is 29.2 Å². The predicted molar refractivity (Wildman–Crippen MR) is 69.4 cm³/mol. The van der Waals surface area contributed by atoms with Gasteiger partial charge in [0.25, 0.3) is 0 Å². The summed E-state index contributed by atoms with van der Waals surface area (Å²) in [5.74, 6) is 0. The summed E-state index contributed by atoms with van der Waals surface area (Å²) in [6.07, 6.45) is 2.35. The van der Waals surface area contributed by atoms with Crippen molar-refractivity contribution in [3.8, 4) is 0 Å². The molecule has 0 radical (unpaired) electrons. The standard InChI is InChI=1S/C10H22O2Si.BrH/c1-7-8-13(6,11-9(2)3)12-10(4)5;/h7,9-10H,1,8H2,2-6H3;1H. The van der Waals surface area contributed by atoms with Crippen molar-refractivity contribution in [2.24, 2.45) is 0 Å². The first-order valence-electron chi connectivity index (χ1n) is 4.86. The molecular weight excluding hydrogens is 260 g/mol. The molecule has 0 aromatic rings. The van der Waals surface area contributed by atoms with Crippen molar-refractivity contribution >= 4 is 25.5 Å². The van der Waals surface area contributed by atoms with Crippen LogP contribution in [0, 0.1) is 0 Å².